The first-order valence-electron chi connectivity index (χ1n) is 15.6. The molecule has 0 unspecified atom stereocenters. The van der Waals surface area contributed by atoms with Crippen molar-refractivity contribution in [1.29, 1.82) is 0 Å². The van der Waals surface area contributed by atoms with Crippen LogP contribution in [0.25, 0.3) is 33.3 Å². The van der Waals surface area contributed by atoms with E-state index in [0.29, 0.717) is 17.1 Å². The van der Waals surface area contributed by atoms with Gasteiger partial charge in [0, 0.05) is 52.3 Å². The number of anilines is 2. The zero-order valence-corrected chi connectivity index (χ0v) is 26.7. The van der Waals surface area contributed by atoms with Gasteiger partial charge in [-0.05, 0) is 90.6 Å². The second kappa shape index (κ2) is 14.0. The van der Waals surface area contributed by atoms with Gasteiger partial charge in [-0.2, -0.15) is 0 Å². The van der Waals surface area contributed by atoms with Gasteiger partial charge in [0.2, 0.25) is 0 Å². The van der Waals surface area contributed by atoms with E-state index in [2.05, 4.69) is 34.0 Å². The van der Waals surface area contributed by atoms with Gasteiger partial charge in [0.1, 0.15) is 5.82 Å². The van der Waals surface area contributed by atoms with Crippen LogP contribution < -0.4 is 10.6 Å². The molecule has 0 aliphatic heterocycles. The average molecular weight is 631 g/mol. The Labute approximate surface area is 274 Å². The lowest BCUT2D eigenvalue weighted by Crippen LogP contribution is -2.16. The van der Waals surface area contributed by atoms with Crippen molar-refractivity contribution in [2.24, 2.45) is 0 Å². The Bertz CT molecular complexity index is 1950. The topological polar surface area (TPSA) is 59.0 Å². The number of carbonyl (C=O) groups excluding carboxylic acids is 1. The highest BCUT2D eigenvalue weighted by molar-refractivity contribution is 6.31. The first-order valence-corrected chi connectivity index (χ1v) is 16.0. The van der Waals surface area contributed by atoms with Crippen LogP contribution >= 0.6 is 11.6 Å². The molecule has 0 aliphatic carbocycles. The van der Waals surface area contributed by atoms with Crippen molar-refractivity contribution in [2.45, 2.75) is 39.2 Å². The molecule has 0 aliphatic rings. The first kappa shape index (κ1) is 31.1. The first-order chi connectivity index (χ1) is 22.4. The third kappa shape index (κ3) is 6.68. The quantitative estimate of drug-likeness (QED) is 0.140. The Morgan fingerprint density at radius 3 is 2.30 bits per heavy atom. The van der Waals surface area contributed by atoms with Crippen molar-refractivity contribution in [1.82, 2.24) is 9.55 Å². The average Bonchev–Trinajstić information content (AvgIpc) is 3.41. The summed E-state index contributed by atoms with van der Waals surface area (Å²) in [5.41, 5.74) is 7.76. The maximum atomic E-state index is 14.2. The van der Waals surface area contributed by atoms with E-state index in [4.69, 9.17) is 11.6 Å². The van der Waals surface area contributed by atoms with Crippen molar-refractivity contribution >= 4 is 39.8 Å². The summed E-state index contributed by atoms with van der Waals surface area (Å²) in [6, 6.07) is 33.8. The minimum absolute atomic E-state index is 0.0429. The molecule has 46 heavy (non-hydrogen) atoms. The van der Waals surface area contributed by atoms with Gasteiger partial charge in [-0.1, -0.05) is 74.0 Å². The number of rotatable bonds is 11. The third-order valence-corrected chi connectivity index (χ3v) is 8.35. The highest BCUT2D eigenvalue weighted by atomic mass is 35.5. The largest absolute Gasteiger partial charge is 0.384 e. The predicted molar refractivity (Wildman–Crippen MR) is 188 cm³/mol. The van der Waals surface area contributed by atoms with Crippen LogP contribution in [-0.4, -0.2) is 22.0 Å². The number of nitrogens with zero attached hydrogens (tertiary/aromatic N) is 2. The molecular weight excluding hydrogens is 595 g/mol. The zero-order chi connectivity index (χ0) is 32.0. The Morgan fingerprint density at radius 2 is 1.59 bits per heavy atom. The predicted octanol–water partition coefficient (Wildman–Crippen LogP) is 10.4. The van der Waals surface area contributed by atoms with E-state index in [9.17, 15) is 9.18 Å². The SMILES string of the molecule is CC(C)c1c(C(=O)Nc2ccccc2)c(-c2ccccc2)c(-c2ccc(F)cc2)n1CCCCNc1ccnc2cc(Cl)ccc12. The molecule has 0 spiro atoms. The van der Waals surface area contributed by atoms with Gasteiger partial charge < -0.3 is 15.2 Å². The van der Waals surface area contributed by atoms with Gasteiger partial charge in [-0.15, -0.1) is 0 Å². The number of aromatic nitrogens is 2. The Balaban J connectivity index is 1.37. The summed E-state index contributed by atoms with van der Waals surface area (Å²) in [5.74, 6) is -0.422. The number of halogens is 2. The van der Waals surface area contributed by atoms with Crippen molar-refractivity contribution in [3.05, 3.63) is 137 Å². The van der Waals surface area contributed by atoms with Crippen molar-refractivity contribution in [3.63, 3.8) is 0 Å². The number of unbranched alkanes of at least 4 members (excludes halogenated alkanes) is 1. The van der Waals surface area contributed by atoms with E-state index in [-0.39, 0.29) is 17.6 Å². The second-order valence-electron chi connectivity index (χ2n) is 11.6. The van der Waals surface area contributed by atoms with Crippen LogP contribution in [0, 0.1) is 5.82 Å². The van der Waals surface area contributed by atoms with Gasteiger partial charge in [0.25, 0.3) is 5.91 Å². The Hall–Kier alpha value is -4.94. The number of benzene rings is 4. The molecule has 6 aromatic rings. The number of nitrogens with one attached hydrogen (secondary N) is 2. The molecule has 232 valence electrons. The number of carbonyl (C=O) groups is 1. The summed E-state index contributed by atoms with van der Waals surface area (Å²) >= 11 is 6.18. The highest BCUT2D eigenvalue weighted by Gasteiger charge is 2.30. The van der Waals surface area contributed by atoms with Crippen LogP contribution in [0.3, 0.4) is 0 Å². The van der Waals surface area contributed by atoms with Crippen molar-refractivity contribution in [3.8, 4) is 22.4 Å². The summed E-state index contributed by atoms with van der Waals surface area (Å²) in [6.07, 6.45) is 3.54. The lowest BCUT2D eigenvalue weighted by molar-refractivity contribution is 0.102. The van der Waals surface area contributed by atoms with Gasteiger partial charge >= 0.3 is 0 Å². The van der Waals surface area contributed by atoms with E-state index in [1.54, 1.807) is 18.3 Å². The molecule has 4 aromatic carbocycles. The van der Waals surface area contributed by atoms with Crippen molar-refractivity contribution in [2.75, 3.05) is 17.2 Å². The standard InChI is InChI=1S/C39H36ClFN4O/c1-26(2)37-36(39(46)44-31-13-7-4-8-14-31)35(27-11-5-3-6-12-27)38(28-15-18-30(41)19-16-28)45(37)24-10-9-22-42-33-21-23-43-34-25-29(40)17-20-32(33)34/h3-8,11-21,23,25-26H,9-10,22,24H2,1-2H3,(H,42,43)(H,44,46). The fourth-order valence-electron chi connectivity index (χ4n) is 6.10. The van der Waals surface area contributed by atoms with Gasteiger partial charge in [0.15, 0.2) is 0 Å². The number of pyridine rings is 1. The Kier molecular flexibility index (Phi) is 9.46. The lowest BCUT2D eigenvalue weighted by Gasteiger charge is -2.18. The maximum Gasteiger partial charge on any atom is 0.258 e. The molecule has 0 radical (unpaired) electrons. The van der Waals surface area contributed by atoms with Gasteiger partial charge in [-0.25, -0.2) is 4.39 Å². The molecule has 0 saturated carbocycles. The van der Waals surface area contributed by atoms with E-state index >= 15 is 0 Å². The molecule has 0 bridgehead atoms. The molecule has 2 heterocycles. The fraction of sp³-hybridized carbons (Fsp3) is 0.179. The molecule has 5 nitrogen and oxygen atoms in total. The summed E-state index contributed by atoms with van der Waals surface area (Å²) in [7, 11) is 0. The normalized spacial score (nSPS) is 11.2. The van der Waals surface area contributed by atoms with E-state index < -0.39 is 0 Å². The molecular formula is C39H36ClFN4O. The summed E-state index contributed by atoms with van der Waals surface area (Å²) in [5, 5.41) is 8.40. The second-order valence-corrected chi connectivity index (χ2v) is 12.1. The van der Waals surface area contributed by atoms with Crippen LogP contribution in [0.2, 0.25) is 5.02 Å². The monoisotopic (exact) mass is 630 g/mol. The molecule has 0 atom stereocenters. The molecule has 2 N–H and O–H groups in total. The van der Waals surface area contributed by atoms with E-state index in [1.165, 1.54) is 12.1 Å². The lowest BCUT2D eigenvalue weighted by atomic mass is 9.94. The smallest absolute Gasteiger partial charge is 0.258 e. The fourth-order valence-corrected chi connectivity index (χ4v) is 6.27. The van der Waals surface area contributed by atoms with Crippen LogP contribution in [0.5, 0.6) is 0 Å². The maximum absolute atomic E-state index is 14.2. The third-order valence-electron chi connectivity index (χ3n) is 8.12. The van der Waals surface area contributed by atoms with Gasteiger partial charge in [-0.3, -0.25) is 9.78 Å². The minimum atomic E-state index is -0.300. The number of hydrogen-bond acceptors (Lipinski definition) is 3. The molecule has 2 aromatic heterocycles. The van der Waals surface area contributed by atoms with Crippen LogP contribution in [-0.2, 0) is 6.54 Å². The van der Waals surface area contributed by atoms with E-state index in [1.807, 2.05) is 84.9 Å². The van der Waals surface area contributed by atoms with Crippen LogP contribution in [0.15, 0.2) is 115 Å². The highest BCUT2D eigenvalue weighted by Crippen LogP contribution is 2.42. The molecule has 7 heteroatoms. The summed E-state index contributed by atoms with van der Waals surface area (Å²) < 4.78 is 16.4. The number of hydrogen-bond donors (Lipinski definition) is 2. The number of fused-ring (bicyclic) bond motifs is 1. The number of amides is 1. The number of para-hydroxylation sites is 1. The molecule has 6 rings (SSSR count). The van der Waals surface area contributed by atoms with Crippen molar-refractivity contribution < 1.29 is 9.18 Å². The van der Waals surface area contributed by atoms with Gasteiger partial charge in [0.05, 0.1) is 16.8 Å². The zero-order valence-electron chi connectivity index (χ0n) is 25.9. The van der Waals surface area contributed by atoms with E-state index in [0.717, 1.165) is 69.7 Å². The summed E-state index contributed by atoms with van der Waals surface area (Å²) in [4.78, 5) is 18.7. The minimum Gasteiger partial charge on any atom is -0.384 e. The van der Waals surface area contributed by atoms with Crippen LogP contribution in [0.4, 0.5) is 15.8 Å². The Morgan fingerprint density at radius 1 is 0.870 bits per heavy atom. The van der Waals surface area contributed by atoms with Crippen LogP contribution in [0.1, 0.15) is 48.7 Å². The molecule has 1 amide bonds. The molecule has 0 saturated heterocycles. The molecule has 0 fully saturated rings. The summed E-state index contributed by atoms with van der Waals surface area (Å²) in [6.45, 7) is 5.69.